The molecule has 3 aromatic rings. The highest BCUT2D eigenvalue weighted by Gasteiger charge is 2.34. The third kappa shape index (κ3) is 6.94. The summed E-state index contributed by atoms with van der Waals surface area (Å²) in [5.74, 6) is -1.04. The average molecular weight is 616 g/mol. The molecule has 12 heteroatoms. The third-order valence-corrected chi connectivity index (χ3v) is 7.77. The number of rotatable bonds is 8. The first-order valence-electron chi connectivity index (χ1n) is 13.9. The van der Waals surface area contributed by atoms with E-state index in [1.165, 1.54) is 0 Å². The van der Waals surface area contributed by atoms with Crippen LogP contribution in [0.25, 0.3) is 11.1 Å². The maximum absolute atomic E-state index is 13.4. The van der Waals surface area contributed by atoms with Gasteiger partial charge in [0, 0.05) is 57.1 Å². The number of alkyl halides is 3. The number of carbonyl (C=O) groups is 3. The number of hydrogen-bond acceptors (Lipinski definition) is 5. The van der Waals surface area contributed by atoms with E-state index in [-0.39, 0.29) is 54.6 Å². The van der Waals surface area contributed by atoms with Crippen molar-refractivity contribution in [2.24, 2.45) is 5.73 Å². The first-order chi connectivity index (χ1) is 20.5. The molecule has 0 unspecified atom stereocenters. The summed E-state index contributed by atoms with van der Waals surface area (Å²) in [5, 5.41) is 5.21. The van der Waals surface area contributed by atoms with Crippen LogP contribution in [0.15, 0.2) is 60.7 Å². The number of carbonyl (C=O) groups excluding carboxylic acids is 3. The standard InChI is InChI=1S/C31H33ClF3N5O3/c1-3-21-18-39(30(43)24-10-9-20(17-26(24)32)31(33,34)35)14-15-40(21)27-11-8-19(16-25(27)29(42)38-13-12-36)22-6-4-5-7-23(22)28(41)37-2/h4-11,16-17,21H,3,12-15,18,36H2,1-2H3,(H,37,41)(H,38,42)/t21-/m1/s1. The molecule has 1 fully saturated rings. The van der Waals surface area contributed by atoms with E-state index < -0.39 is 17.6 Å². The van der Waals surface area contributed by atoms with Gasteiger partial charge in [-0.2, -0.15) is 13.2 Å². The van der Waals surface area contributed by atoms with E-state index in [9.17, 15) is 27.6 Å². The highest BCUT2D eigenvalue weighted by molar-refractivity contribution is 6.33. The van der Waals surface area contributed by atoms with Crippen LogP contribution < -0.4 is 21.3 Å². The molecule has 4 N–H and O–H groups in total. The van der Waals surface area contributed by atoms with Gasteiger partial charge in [0.05, 0.1) is 21.7 Å². The third-order valence-electron chi connectivity index (χ3n) is 7.46. The summed E-state index contributed by atoms with van der Waals surface area (Å²) < 4.78 is 39.3. The van der Waals surface area contributed by atoms with Crippen molar-refractivity contribution in [3.8, 4) is 11.1 Å². The zero-order valence-electron chi connectivity index (χ0n) is 23.8. The van der Waals surface area contributed by atoms with Crippen LogP contribution in [0.1, 0.15) is 50.0 Å². The van der Waals surface area contributed by atoms with Crippen LogP contribution in [-0.2, 0) is 6.18 Å². The van der Waals surface area contributed by atoms with E-state index in [4.69, 9.17) is 17.3 Å². The van der Waals surface area contributed by atoms with Crippen LogP contribution in [0.2, 0.25) is 5.02 Å². The monoisotopic (exact) mass is 615 g/mol. The number of benzene rings is 3. The summed E-state index contributed by atoms with van der Waals surface area (Å²) in [5.41, 5.74) is 7.56. The van der Waals surface area contributed by atoms with Crippen molar-refractivity contribution in [2.45, 2.75) is 25.6 Å². The second kappa shape index (κ2) is 13.5. The van der Waals surface area contributed by atoms with Crippen LogP contribution in [0.3, 0.4) is 0 Å². The summed E-state index contributed by atoms with van der Waals surface area (Å²) in [6.45, 7) is 3.39. The summed E-state index contributed by atoms with van der Waals surface area (Å²) in [6, 6.07) is 15.1. The number of piperazine rings is 1. The molecule has 1 saturated heterocycles. The Morgan fingerprint density at radius 3 is 2.37 bits per heavy atom. The van der Waals surface area contributed by atoms with E-state index in [1.807, 2.05) is 31.2 Å². The van der Waals surface area contributed by atoms with Crippen molar-refractivity contribution < 1.29 is 27.6 Å². The largest absolute Gasteiger partial charge is 0.416 e. The SMILES string of the molecule is CC[C@@H]1CN(C(=O)c2ccc(C(F)(F)F)cc2Cl)CCN1c1ccc(-c2ccccc2C(=O)NC)cc1C(=O)NCCN. The van der Waals surface area contributed by atoms with Gasteiger partial charge in [-0.25, -0.2) is 0 Å². The molecule has 0 radical (unpaired) electrons. The molecule has 43 heavy (non-hydrogen) atoms. The maximum atomic E-state index is 13.4. The zero-order chi connectivity index (χ0) is 31.3. The Hall–Kier alpha value is -4.09. The quantitative estimate of drug-likeness (QED) is 0.337. The minimum Gasteiger partial charge on any atom is -0.364 e. The number of amides is 3. The molecule has 1 aliphatic rings. The molecule has 0 spiro atoms. The van der Waals surface area contributed by atoms with E-state index in [0.717, 1.165) is 18.2 Å². The lowest BCUT2D eigenvalue weighted by Gasteiger charge is -2.43. The van der Waals surface area contributed by atoms with Crippen molar-refractivity contribution in [2.75, 3.05) is 44.7 Å². The second-order valence-corrected chi connectivity index (χ2v) is 10.5. The van der Waals surface area contributed by atoms with Crippen molar-refractivity contribution in [1.29, 1.82) is 0 Å². The van der Waals surface area contributed by atoms with E-state index >= 15 is 0 Å². The number of hydrogen-bond donors (Lipinski definition) is 3. The van der Waals surface area contributed by atoms with Crippen LogP contribution in [-0.4, -0.2) is 68.4 Å². The Bertz CT molecular complexity index is 1510. The van der Waals surface area contributed by atoms with Gasteiger partial charge in [0.15, 0.2) is 0 Å². The predicted octanol–water partition coefficient (Wildman–Crippen LogP) is 4.81. The van der Waals surface area contributed by atoms with Gasteiger partial charge in [-0.15, -0.1) is 0 Å². The number of nitrogens with two attached hydrogens (primary N) is 1. The fourth-order valence-corrected chi connectivity index (χ4v) is 5.49. The van der Waals surface area contributed by atoms with Crippen molar-refractivity contribution in [1.82, 2.24) is 15.5 Å². The number of nitrogens with zero attached hydrogens (tertiary/aromatic N) is 2. The summed E-state index contributed by atoms with van der Waals surface area (Å²) in [4.78, 5) is 42.9. The van der Waals surface area contributed by atoms with Crippen molar-refractivity contribution in [3.63, 3.8) is 0 Å². The van der Waals surface area contributed by atoms with Crippen LogP contribution in [0.4, 0.5) is 18.9 Å². The molecule has 0 aromatic heterocycles. The van der Waals surface area contributed by atoms with Crippen LogP contribution in [0, 0.1) is 0 Å². The van der Waals surface area contributed by atoms with Gasteiger partial charge in [0.25, 0.3) is 17.7 Å². The van der Waals surface area contributed by atoms with Crippen molar-refractivity contribution in [3.05, 3.63) is 87.9 Å². The van der Waals surface area contributed by atoms with Gasteiger partial charge >= 0.3 is 6.18 Å². The molecule has 0 bridgehead atoms. The summed E-state index contributed by atoms with van der Waals surface area (Å²) >= 11 is 6.11. The number of anilines is 1. The van der Waals surface area contributed by atoms with E-state index in [2.05, 4.69) is 15.5 Å². The maximum Gasteiger partial charge on any atom is 0.416 e. The molecule has 8 nitrogen and oxygen atoms in total. The molecule has 4 rings (SSSR count). The van der Waals surface area contributed by atoms with Gasteiger partial charge in [-0.05, 0) is 53.9 Å². The molecule has 3 amide bonds. The van der Waals surface area contributed by atoms with Crippen LogP contribution >= 0.6 is 11.6 Å². The Labute approximate surface area is 253 Å². The first-order valence-corrected chi connectivity index (χ1v) is 14.2. The Balaban J connectivity index is 1.66. The van der Waals surface area contributed by atoms with Crippen LogP contribution in [0.5, 0.6) is 0 Å². The molecule has 0 aliphatic carbocycles. The number of nitrogens with one attached hydrogen (secondary N) is 2. The molecule has 228 valence electrons. The Kier molecular flexibility index (Phi) is 9.98. The lowest BCUT2D eigenvalue weighted by atomic mass is 9.95. The zero-order valence-corrected chi connectivity index (χ0v) is 24.6. The highest BCUT2D eigenvalue weighted by Crippen LogP contribution is 2.35. The molecular formula is C31H33ClF3N5O3. The molecule has 3 aromatic carbocycles. The van der Waals surface area contributed by atoms with E-state index in [0.29, 0.717) is 40.9 Å². The normalized spacial score (nSPS) is 15.3. The van der Waals surface area contributed by atoms with E-state index in [1.54, 1.807) is 30.1 Å². The molecular weight excluding hydrogens is 583 g/mol. The van der Waals surface area contributed by atoms with Crippen molar-refractivity contribution >= 4 is 35.0 Å². The second-order valence-electron chi connectivity index (χ2n) is 10.1. The molecule has 1 aliphatic heterocycles. The molecule has 1 heterocycles. The summed E-state index contributed by atoms with van der Waals surface area (Å²) in [6.07, 6.45) is -3.95. The van der Waals surface area contributed by atoms with Gasteiger partial charge in [0.2, 0.25) is 0 Å². The average Bonchev–Trinajstić information content (AvgIpc) is 3.01. The lowest BCUT2D eigenvalue weighted by molar-refractivity contribution is -0.137. The summed E-state index contributed by atoms with van der Waals surface area (Å²) in [7, 11) is 1.55. The minimum absolute atomic E-state index is 0.000967. The van der Waals surface area contributed by atoms with Gasteiger partial charge in [0.1, 0.15) is 0 Å². The molecule has 1 atom stereocenters. The first kappa shape index (κ1) is 31.8. The minimum atomic E-state index is -4.57. The van der Waals surface area contributed by atoms with Gasteiger partial charge in [-0.1, -0.05) is 42.8 Å². The van der Waals surface area contributed by atoms with Gasteiger partial charge < -0.3 is 26.2 Å². The Morgan fingerprint density at radius 1 is 0.977 bits per heavy atom. The lowest BCUT2D eigenvalue weighted by Crippen LogP contribution is -2.55. The smallest absolute Gasteiger partial charge is 0.364 e. The molecule has 0 saturated carbocycles. The fraction of sp³-hybridized carbons (Fsp3) is 0.323. The predicted molar refractivity (Wildman–Crippen MR) is 160 cm³/mol. The number of halogens is 4. The highest BCUT2D eigenvalue weighted by atomic mass is 35.5. The van der Waals surface area contributed by atoms with Gasteiger partial charge in [-0.3, -0.25) is 14.4 Å². The fourth-order valence-electron chi connectivity index (χ4n) is 5.23. The Morgan fingerprint density at radius 2 is 1.72 bits per heavy atom. The topological polar surface area (TPSA) is 108 Å².